The van der Waals surface area contributed by atoms with Crippen molar-refractivity contribution in [1.82, 2.24) is 4.72 Å². The van der Waals surface area contributed by atoms with Crippen molar-refractivity contribution >= 4 is 16.0 Å². The zero-order chi connectivity index (χ0) is 15.4. The van der Waals surface area contributed by atoms with Crippen molar-refractivity contribution in [2.24, 2.45) is 5.41 Å². The Balaban J connectivity index is 2.74. The van der Waals surface area contributed by atoms with E-state index in [0.29, 0.717) is 13.0 Å². The van der Waals surface area contributed by atoms with E-state index in [0.717, 1.165) is 5.56 Å². The Morgan fingerprint density at radius 1 is 1.20 bits per heavy atom. The fourth-order valence-electron chi connectivity index (χ4n) is 1.48. The predicted molar refractivity (Wildman–Crippen MR) is 77.0 cm³/mol. The van der Waals surface area contributed by atoms with Crippen molar-refractivity contribution in [1.29, 1.82) is 0 Å². The second-order valence-corrected chi connectivity index (χ2v) is 7.69. The first-order valence-electron chi connectivity index (χ1n) is 6.40. The van der Waals surface area contributed by atoms with Gasteiger partial charge in [0.1, 0.15) is 0 Å². The van der Waals surface area contributed by atoms with Crippen molar-refractivity contribution in [3.8, 4) is 0 Å². The Labute approximate surface area is 120 Å². The summed E-state index contributed by atoms with van der Waals surface area (Å²) in [5.74, 6) is -0.867. The van der Waals surface area contributed by atoms with Gasteiger partial charge in [0.25, 0.3) is 0 Å². The van der Waals surface area contributed by atoms with E-state index >= 15 is 0 Å². The number of rotatable bonds is 6. The van der Waals surface area contributed by atoms with E-state index in [4.69, 9.17) is 5.11 Å². The second-order valence-electron chi connectivity index (χ2n) is 5.92. The number of benzene rings is 1. The van der Waals surface area contributed by atoms with Crippen molar-refractivity contribution < 1.29 is 18.3 Å². The molecule has 0 bridgehead atoms. The number of carboxylic acids is 1. The molecule has 1 aromatic carbocycles. The zero-order valence-corrected chi connectivity index (χ0v) is 12.8. The van der Waals surface area contributed by atoms with Crippen LogP contribution in [0.1, 0.15) is 32.8 Å². The molecule has 0 saturated carbocycles. The van der Waals surface area contributed by atoms with Crippen molar-refractivity contribution in [3.05, 3.63) is 29.8 Å². The Morgan fingerprint density at radius 2 is 1.75 bits per heavy atom. The molecule has 0 aliphatic carbocycles. The van der Waals surface area contributed by atoms with Crippen LogP contribution < -0.4 is 4.72 Å². The molecule has 0 fully saturated rings. The van der Waals surface area contributed by atoms with Crippen molar-refractivity contribution in [3.63, 3.8) is 0 Å². The maximum absolute atomic E-state index is 12.1. The molecule has 112 valence electrons. The zero-order valence-electron chi connectivity index (χ0n) is 12.0. The number of hydrogen-bond acceptors (Lipinski definition) is 3. The van der Waals surface area contributed by atoms with E-state index < -0.39 is 16.0 Å². The lowest BCUT2D eigenvalue weighted by Crippen LogP contribution is -2.32. The van der Waals surface area contributed by atoms with Gasteiger partial charge in [-0.15, -0.1) is 0 Å². The molecule has 0 unspecified atom stereocenters. The highest BCUT2D eigenvalue weighted by atomic mass is 32.2. The topological polar surface area (TPSA) is 83.5 Å². The standard InChI is InChI=1S/C14H21NO4S/c1-14(2,3)10-15-20(18,19)12-7-4-11(5-8-12)6-9-13(16)17/h4-5,7-8,15H,6,9-10H2,1-3H3,(H,16,17). The second kappa shape index (κ2) is 6.37. The molecule has 0 aliphatic rings. The van der Waals surface area contributed by atoms with Crippen LogP contribution in [-0.2, 0) is 21.2 Å². The van der Waals surface area contributed by atoms with Crippen LogP contribution in [0, 0.1) is 5.41 Å². The predicted octanol–water partition coefficient (Wildman–Crippen LogP) is 2.03. The molecule has 0 atom stereocenters. The Hall–Kier alpha value is -1.40. The summed E-state index contributed by atoms with van der Waals surface area (Å²) >= 11 is 0. The molecule has 1 aromatic rings. The number of aliphatic carboxylic acids is 1. The summed E-state index contributed by atoms with van der Waals surface area (Å²) in [6.07, 6.45) is 0.430. The SMILES string of the molecule is CC(C)(C)CNS(=O)(=O)c1ccc(CCC(=O)O)cc1. The first-order chi connectivity index (χ1) is 9.10. The molecule has 5 nitrogen and oxygen atoms in total. The highest BCUT2D eigenvalue weighted by Gasteiger charge is 2.18. The lowest BCUT2D eigenvalue weighted by molar-refractivity contribution is -0.136. The minimum Gasteiger partial charge on any atom is -0.481 e. The quantitative estimate of drug-likeness (QED) is 0.842. The summed E-state index contributed by atoms with van der Waals surface area (Å²) in [5.41, 5.74) is 0.677. The van der Waals surface area contributed by atoms with Gasteiger partial charge in [-0.1, -0.05) is 32.9 Å². The van der Waals surface area contributed by atoms with Gasteiger partial charge in [0, 0.05) is 13.0 Å². The van der Waals surface area contributed by atoms with Crippen LogP contribution >= 0.6 is 0 Å². The Morgan fingerprint density at radius 3 is 2.20 bits per heavy atom. The van der Waals surface area contributed by atoms with Crippen LogP contribution in [0.2, 0.25) is 0 Å². The fraction of sp³-hybridized carbons (Fsp3) is 0.500. The van der Waals surface area contributed by atoms with Crippen LogP contribution in [-0.4, -0.2) is 26.0 Å². The molecule has 0 heterocycles. The molecule has 0 saturated heterocycles. The number of aryl methyl sites for hydroxylation is 1. The molecule has 20 heavy (non-hydrogen) atoms. The van der Waals surface area contributed by atoms with Gasteiger partial charge < -0.3 is 5.11 Å². The number of hydrogen-bond donors (Lipinski definition) is 2. The van der Waals surface area contributed by atoms with Crippen molar-refractivity contribution in [2.45, 2.75) is 38.5 Å². The number of carboxylic acid groups (broad SMARTS) is 1. The molecular formula is C14H21NO4S. The average Bonchev–Trinajstić information content (AvgIpc) is 2.34. The van der Waals surface area contributed by atoms with Crippen LogP contribution in [0.3, 0.4) is 0 Å². The molecule has 0 aromatic heterocycles. The van der Waals surface area contributed by atoms with Gasteiger partial charge in [0.15, 0.2) is 0 Å². The highest BCUT2D eigenvalue weighted by molar-refractivity contribution is 7.89. The lowest BCUT2D eigenvalue weighted by Gasteiger charge is -2.18. The molecular weight excluding hydrogens is 278 g/mol. The first kappa shape index (κ1) is 16.7. The number of nitrogens with one attached hydrogen (secondary N) is 1. The van der Waals surface area contributed by atoms with Crippen molar-refractivity contribution in [2.75, 3.05) is 6.54 Å². The summed E-state index contributed by atoms with van der Waals surface area (Å²) in [6, 6.07) is 6.30. The average molecular weight is 299 g/mol. The third-order valence-electron chi connectivity index (χ3n) is 2.65. The molecule has 2 N–H and O–H groups in total. The van der Waals surface area contributed by atoms with Crippen LogP contribution in [0.4, 0.5) is 0 Å². The number of carbonyl (C=O) groups is 1. The van der Waals surface area contributed by atoms with Gasteiger partial charge >= 0.3 is 5.97 Å². The van der Waals surface area contributed by atoms with Gasteiger partial charge in [0.2, 0.25) is 10.0 Å². The summed E-state index contributed by atoms with van der Waals surface area (Å²) in [5, 5.41) is 8.60. The third-order valence-corrected chi connectivity index (χ3v) is 4.07. The minimum absolute atomic E-state index is 0.0361. The highest BCUT2D eigenvalue weighted by Crippen LogP contribution is 2.15. The van der Waals surface area contributed by atoms with E-state index in [-0.39, 0.29) is 16.7 Å². The Kier molecular flexibility index (Phi) is 5.30. The largest absolute Gasteiger partial charge is 0.481 e. The van der Waals surface area contributed by atoms with E-state index in [1.54, 1.807) is 12.1 Å². The first-order valence-corrected chi connectivity index (χ1v) is 7.89. The van der Waals surface area contributed by atoms with E-state index in [1.807, 2.05) is 20.8 Å². The van der Waals surface area contributed by atoms with Gasteiger partial charge in [-0.05, 0) is 29.5 Å². The maximum Gasteiger partial charge on any atom is 0.303 e. The molecule has 0 aliphatic heterocycles. The monoisotopic (exact) mass is 299 g/mol. The van der Waals surface area contributed by atoms with Crippen LogP contribution in [0.15, 0.2) is 29.2 Å². The van der Waals surface area contributed by atoms with Gasteiger partial charge in [-0.3, -0.25) is 4.79 Å². The molecule has 1 rings (SSSR count). The lowest BCUT2D eigenvalue weighted by atomic mass is 9.98. The Bertz CT molecular complexity index is 556. The molecule has 6 heteroatoms. The van der Waals surface area contributed by atoms with Crippen LogP contribution in [0.5, 0.6) is 0 Å². The summed E-state index contributed by atoms with van der Waals surface area (Å²) in [7, 11) is -3.51. The normalized spacial score (nSPS) is 12.3. The summed E-state index contributed by atoms with van der Waals surface area (Å²) in [4.78, 5) is 10.7. The molecule has 0 amide bonds. The minimum atomic E-state index is -3.51. The smallest absolute Gasteiger partial charge is 0.303 e. The molecule has 0 radical (unpaired) electrons. The summed E-state index contributed by atoms with van der Waals surface area (Å²) < 4.78 is 26.7. The fourth-order valence-corrected chi connectivity index (χ4v) is 2.77. The van der Waals surface area contributed by atoms with Gasteiger partial charge in [0.05, 0.1) is 4.90 Å². The van der Waals surface area contributed by atoms with E-state index in [9.17, 15) is 13.2 Å². The third kappa shape index (κ3) is 5.71. The van der Waals surface area contributed by atoms with E-state index in [1.165, 1.54) is 12.1 Å². The maximum atomic E-state index is 12.1. The molecule has 0 spiro atoms. The van der Waals surface area contributed by atoms with E-state index in [2.05, 4.69) is 4.72 Å². The number of sulfonamides is 1. The summed E-state index contributed by atoms with van der Waals surface area (Å²) in [6.45, 7) is 6.20. The van der Waals surface area contributed by atoms with Gasteiger partial charge in [-0.2, -0.15) is 0 Å². The van der Waals surface area contributed by atoms with Gasteiger partial charge in [-0.25, -0.2) is 13.1 Å². The van der Waals surface area contributed by atoms with Crippen LogP contribution in [0.25, 0.3) is 0 Å².